The largest absolute Gasteiger partial charge is 0.461 e. The first-order chi connectivity index (χ1) is 10.1. The SMILES string of the molecule is CCOC(=O)c1c(CN)nc(C2CCCC(C)CC2)n1C. The Hall–Kier alpha value is -1.36. The molecule has 1 fully saturated rings. The van der Waals surface area contributed by atoms with Gasteiger partial charge in [-0.25, -0.2) is 9.78 Å². The molecule has 1 heterocycles. The Labute approximate surface area is 126 Å². The van der Waals surface area contributed by atoms with Crippen molar-refractivity contribution in [2.24, 2.45) is 18.7 Å². The van der Waals surface area contributed by atoms with Crippen molar-refractivity contribution in [2.75, 3.05) is 6.61 Å². The lowest BCUT2D eigenvalue weighted by Gasteiger charge is -2.14. The number of ether oxygens (including phenoxy) is 1. The van der Waals surface area contributed by atoms with Crippen LogP contribution in [0.15, 0.2) is 0 Å². The molecule has 0 aromatic carbocycles. The van der Waals surface area contributed by atoms with Gasteiger partial charge in [-0.1, -0.05) is 26.2 Å². The number of aromatic nitrogens is 2. The molecule has 0 aliphatic heterocycles. The fourth-order valence-electron chi connectivity index (χ4n) is 3.28. The lowest BCUT2D eigenvalue weighted by molar-refractivity contribution is 0.0513. The van der Waals surface area contributed by atoms with E-state index < -0.39 is 0 Å². The summed E-state index contributed by atoms with van der Waals surface area (Å²) in [4.78, 5) is 16.8. The van der Waals surface area contributed by atoms with Gasteiger partial charge in [-0.3, -0.25) is 0 Å². The minimum atomic E-state index is -0.318. The van der Waals surface area contributed by atoms with Gasteiger partial charge in [0, 0.05) is 19.5 Å². The molecular weight excluding hydrogens is 266 g/mol. The Balaban J connectivity index is 2.30. The van der Waals surface area contributed by atoms with Crippen molar-refractivity contribution in [3.63, 3.8) is 0 Å². The number of carbonyl (C=O) groups excluding carboxylic acids is 1. The lowest BCUT2D eigenvalue weighted by atomic mass is 9.98. The Morgan fingerprint density at radius 1 is 1.38 bits per heavy atom. The molecule has 1 saturated carbocycles. The second-order valence-electron chi connectivity index (χ2n) is 6.06. The molecule has 5 nitrogen and oxygen atoms in total. The highest BCUT2D eigenvalue weighted by atomic mass is 16.5. The average molecular weight is 293 g/mol. The van der Waals surface area contributed by atoms with Crippen molar-refractivity contribution in [3.8, 4) is 0 Å². The summed E-state index contributed by atoms with van der Waals surface area (Å²) in [6.45, 7) is 4.76. The fourth-order valence-corrected chi connectivity index (χ4v) is 3.28. The van der Waals surface area contributed by atoms with E-state index in [4.69, 9.17) is 10.5 Å². The van der Waals surface area contributed by atoms with Crippen molar-refractivity contribution in [1.82, 2.24) is 9.55 Å². The Kier molecular flexibility index (Phi) is 5.39. The first kappa shape index (κ1) is 16.0. The molecule has 0 amide bonds. The van der Waals surface area contributed by atoms with Gasteiger partial charge in [-0.15, -0.1) is 0 Å². The minimum Gasteiger partial charge on any atom is -0.461 e. The van der Waals surface area contributed by atoms with Crippen LogP contribution >= 0.6 is 0 Å². The molecule has 1 aliphatic rings. The topological polar surface area (TPSA) is 70.1 Å². The monoisotopic (exact) mass is 293 g/mol. The van der Waals surface area contributed by atoms with Gasteiger partial charge in [0.2, 0.25) is 0 Å². The summed E-state index contributed by atoms with van der Waals surface area (Å²) in [6.07, 6.45) is 6.02. The second kappa shape index (κ2) is 7.07. The standard InChI is InChI=1S/C16H27N3O2/c1-4-21-16(20)14-13(10-17)18-15(19(14)3)12-7-5-6-11(2)8-9-12/h11-12H,4-10,17H2,1-3H3. The summed E-state index contributed by atoms with van der Waals surface area (Å²) in [5.41, 5.74) is 6.94. The second-order valence-corrected chi connectivity index (χ2v) is 6.06. The van der Waals surface area contributed by atoms with E-state index in [0.29, 0.717) is 23.9 Å². The number of rotatable bonds is 4. The number of nitrogens with zero attached hydrogens (tertiary/aromatic N) is 2. The summed E-state index contributed by atoms with van der Waals surface area (Å²) in [6, 6.07) is 0. The average Bonchev–Trinajstić information content (AvgIpc) is 2.64. The van der Waals surface area contributed by atoms with Crippen LogP contribution in [-0.4, -0.2) is 22.1 Å². The third-order valence-corrected chi connectivity index (χ3v) is 4.49. The molecule has 0 spiro atoms. The van der Waals surface area contributed by atoms with Gasteiger partial charge in [0.25, 0.3) is 0 Å². The van der Waals surface area contributed by atoms with E-state index in [1.807, 2.05) is 18.5 Å². The van der Waals surface area contributed by atoms with Crippen LogP contribution in [0.25, 0.3) is 0 Å². The molecule has 0 saturated heterocycles. The molecule has 0 bridgehead atoms. The van der Waals surface area contributed by atoms with E-state index in [2.05, 4.69) is 11.9 Å². The Morgan fingerprint density at radius 2 is 2.14 bits per heavy atom. The van der Waals surface area contributed by atoms with E-state index in [0.717, 1.165) is 24.6 Å². The first-order valence-corrected chi connectivity index (χ1v) is 8.01. The van der Waals surface area contributed by atoms with E-state index >= 15 is 0 Å². The molecule has 1 aromatic rings. The van der Waals surface area contributed by atoms with E-state index in [1.165, 1.54) is 19.3 Å². The first-order valence-electron chi connectivity index (χ1n) is 8.01. The summed E-state index contributed by atoms with van der Waals surface area (Å²) < 4.78 is 7.04. The van der Waals surface area contributed by atoms with Gasteiger partial charge in [-0.05, 0) is 25.7 Å². The zero-order valence-electron chi connectivity index (χ0n) is 13.4. The van der Waals surface area contributed by atoms with Crippen LogP contribution in [-0.2, 0) is 18.3 Å². The molecule has 1 aliphatic carbocycles. The highest BCUT2D eigenvalue weighted by Gasteiger charge is 2.27. The molecule has 0 radical (unpaired) electrons. The van der Waals surface area contributed by atoms with E-state index in [-0.39, 0.29) is 12.5 Å². The van der Waals surface area contributed by atoms with Crippen molar-refractivity contribution >= 4 is 5.97 Å². The van der Waals surface area contributed by atoms with Crippen molar-refractivity contribution in [1.29, 1.82) is 0 Å². The smallest absolute Gasteiger partial charge is 0.356 e. The minimum absolute atomic E-state index is 0.269. The van der Waals surface area contributed by atoms with Gasteiger partial charge in [0.15, 0.2) is 5.69 Å². The van der Waals surface area contributed by atoms with E-state index in [9.17, 15) is 4.79 Å². The Morgan fingerprint density at radius 3 is 2.81 bits per heavy atom. The summed E-state index contributed by atoms with van der Waals surface area (Å²) in [5, 5.41) is 0. The van der Waals surface area contributed by atoms with Crippen LogP contribution < -0.4 is 5.73 Å². The Bertz CT molecular complexity index is 496. The number of esters is 1. The maximum absolute atomic E-state index is 12.1. The summed E-state index contributed by atoms with van der Waals surface area (Å²) in [5.74, 6) is 1.89. The van der Waals surface area contributed by atoms with Crippen LogP contribution in [0, 0.1) is 5.92 Å². The third kappa shape index (κ3) is 3.46. The third-order valence-electron chi connectivity index (χ3n) is 4.49. The zero-order chi connectivity index (χ0) is 15.4. The number of hydrogen-bond donors (Lipinski definition) is 1. The number of nitrogens with two attached hydrogens (primary N) is 1. The highest BCUT2D eigenvalue weighted by molar-refractivity contribution is 5.89. The predicted molar refractivity (Wildman–Crippen MR) is 82.0 cm³/mol. The van der Waals surface area contributed by atoms with Gasteiger partial charge in [0.1, 0.15) is 5.82 Å². The molecule has 21 heavy (non-hydrogen) atoms. The van der Waals surface area contributed by atoms with Crippen LogP contribution in [0.3, 0.4) is 0 Å². The molecule has 2 unspecified atom stereocenters. The van der Waals surface area contributed by atoms with Crippen LogP contribution in [0.1, 0.15) is 73.9 Å². The van der Waals surface area contributed by atoms with Crippen molar-refractivity contribution in [2.45, 2.75) is 58.4 Å². The van der Waals surface area contributed by atoms with Gasteiger partial charge >= 0.3 is 5.97 Å². The van der Waals surface area contributed by atoms with Crippen LogP contribution in [0.5, 0.6) is 0 Å². The zero-order valence-corrected chi connectivity index (χ0v) is 13.4. The molecule has 2 rings (SSSR count). The van der Waals surface area contributed by atoms with Gasteiger partial charge < -0.3 is 15.0 Å². The molecular formula is C16H27N3O2. The van der Waals surface area contributed by atoms with Gasteiger partial charge in [-0.2, -0.15) is 0 Å². The maximum atomic E-state index is 12.1. The van der Waals surface area contributed by atoms with E-state index in [1.54, 1.807) is 0 Å². The van der Waals surface area contributed by atoms with Gasteiger partial charge in [0.05, 0.1) is 12.3 Å². The molecule has 2 N–H and O–H groups in total. The molecule has 2 atom stereocenters. The fraction of sp³-hybridized carbons (Fsp3) is 0.750. The lowest BCUT2D eigenvalue weighted by Crippen LogP contribution is -2.15. The number of hydrogen-bond acceptors (Lipinski definition) is 4. The molecule has 5 heteroatoms. The summed E-state index contributed by atoms with van der Waals surface area (Å²) in [7, 11) is 1.90. The highest BCUT2D eigenvalue weighted by Crippen LogP contribution is 2.34. The van der Waals surface area contributed by atoms with Crippen molar-refractivity contribution in [3.05, 3.63) is 17.2 Å². The van der Waals surface area contributed by atoms with Crippen LogP contribution in [0.2, 0.25) is 0 Å². The maximum Gasteiger partial charge on any atom is 0.356 e. The van der Waals surface area contributed by atoms with Crippen LogP contribution in [0.4, 0.5) is 0 Å². The quantitative estimate of drug-likeness (QED) is 0.684. The predicted octanol–water partition coefficient (Wildman–Crippen LogP) is 2.74. The molecule has 1 aromatic heterocycles. The summed E-state index contributed by atoms with van der Waals surface area (Å²) >= 11 is 0. The molecule has 118 valence electrons. The number of imidazole rings is 1. The van der Waals surface area contributed by atoms with Crippen molar-refractivity contribution < 1.29 is 9.53 Å². The normalized spacial score (nSPS) is 22.9. The number of carbonyl (C=O) groups is 1.